The number of anilines is 2. The summed E-state index contributed by atoms with van der Waals surface area (Å²) >= 11 is 0. The number of ether oxygens (including phenoxy) is 1. The van der Waals surface area contributed by atoms with Crippen molar-refractivity contribution in [2.24, 2.45) is 11.7 Å². The normalized spacial score (nSPS) is 45.7. The number of hydrogen-bond donors (Lipinski definition) is 6. The van der Waals surface area contributed by atoms with Gasteiger partial charge in [-0.25, -0.2) is 4.48 Å². The van der Waals surface area contributed by atoms with Crippen LogP contribution < -0.4 is 21.7 Å². The lowest BCUT2D eigenvalue weighted by Gasteiger charge is -2.52. The molecule has 0 spiro atoms. The summed E-state index contributed by atoms with van der Waals surface area (Å²) in [6, 6.07) is 7.96. The lowest BCUT2D eigenvalue weighted by atomic mass is 9.76. The molecule has 2 saturated carbocycles. The minimum absolute atomic E-state index is 0.0864. The van der Waals surface area contributed by atoms with Gasteiger partial charge in [0.05, 0.1) is 37.8 Å². The zero-order valence-electron chi connectivity index (χ0n) is 26.4. The first-order chi connectivity index (χ1) is 20.5. The zero-order chi connectivity index (χ0) is 29.8. The van der Waals surface area contributed by atoms with Gasteiger partial charge in [-0.3, -0.25) is 14.7 Å². The molecule has 1 aromatic rings. The van der Waals surface area contributed by atoms with E-state index in [1.807, 2.05) is 0 Å². The van der Waals surface area contributed by atoms with Crippen molar-refractivity contribution < 1.29 is 23.9 Å². The number of fused-ring (bicyclic) bond motifs is 1. The summed E-state index contributed by atoms with van der Waals surface area (Å²) in [5.41, 5.74) is 10.5. The maximum atomic E-state index is 11.4. The van der Waals surface area contributed by atoms with Gasteiger partial charge in [0, 0.05) is 18.6 Å². The van der Waals surface area contributed by atoms with Crippen LogP contribution in [0.1, 0.15) is 63.9 Å². The van der Waals surface area contributed by atoms with Crippen LogP contribution in [-0.4, -0.2) is 131 Å². The van der Waals surface area contributed by atoms with Crippen LogP contribution in [0.2, 0.25) is 0 Å². The molecule has 1 aromatic carbocycles. The average Bonchev–Trinajstić information content (AvgIpc) is 3.34. The SMILES string of the molecule is CC(C)N(C[C@H]1O[C@@H]([N+]23CN(C2)C2C(N)NC[N+](C)(C)C23)[C@H](O)[C@@H]1O)C1CC(CCC2Nc3ccc(C4CC4)cc3N2)C1. The Labute approximate surface area is 256 Å². The Bertz CT molecular complexity index is 1210. The quantitative estimate of drug-likeness (QED) is 0.233. The Kier molecular flexibility index (Phi) is 6.88. The van der Waals surface area contributed by atoms with Gasteiger partial charge in [0.1, 0.15) is 32.2 Å². The van der Waals surface area contributed by atoms with E-state index in [2.05, 4.69) is 71.9 Å². The van der Waals surface area contributed by atoms with Crippen molar-refractivity contribution in [3.05, 3.63) is 23.8 Å². The second-order valence-electron chi connectivity index (χ2n) is 15.9. The van der Waals surface area contributed by atoms with Crippen molar-refractivity contribution >= 4 is 11.4 Å². The molecule has 5 saturated heterocycles. The van der Waals surface area contributed by atoms with Crippen molar-refractivity contribution in [2.45, 2.75) is 119 Å². The van der Waals surface area contributed by atoms with E-state index in [4.69, 9.17) is 10.5 Å². The minimum Gasteiger partial charge on any atom is -0.387 e. The molecule has 2 bridgehead atoms. The number of aliphatic hydroxyl groups is 2. The van der Waals surface area contributed by atoms with Crippen molar-refractivity contribution in [1.29, 1.82) is 0 Å². The van der Waals surface area contributed by atoms with Crippen LogP contribution in [0.4, 0.5) is 11.4 Å². The first-order valence-electron chi connectivity index (χ1n) is 16.9. The number of aliphatic hydroxyl groups excluding tert-OH is 2. The second kappa shape index (κ2) is 10.2. The van der Waals surface area contributed by atoms with E-state index >= 15 is 0 Å². The molecule has 11 heteroatoms. The molecule has 8 aliphatic rings. The van der Waals surface area contributed by atoms with Crippen molar-refractivity contribution in [3.8, 4) is 0 Å². The summed E-state index contributed by atoms with van der Waals surface area (Å²) < 4.78 is 8.16. The summed E-state index contributed by atoms with van der Waals surface area (Å²) in [6.45, 7) is 7.59. The lowest BCUT2D eigenvalue weighted by molar-refractivity contribution is -1.15. The summed E-state index contributed by atoms with van der Waals surface area (Å²) in [7, 11) is 4.48. The van der Waals surface area contributed by atoms with Gasteiger partial charge in [0.15, 0.2) is 12.1 Å². The molecule has 0 radical (unpaired) electrons. The highest BCUT2D eigenvalue weighted by molar-refractivity contribution is 5.75. The van der Waals surface area contributed by atoms with E-state index in [0.717, 1.165) is 42.7 Å². The Morgan fingerprint density at radius 1 is 1.07 bits per heavy atom. The molecule has 0 amide bonds. The highest BCUT2D eigenvalue weighted by atomic mass is 16.6. The highest BCUT2D eigenvalue weighted by Crippen LogP contribution is 2.50. The third kappa shape index (κ3) is 4.65. The molecule has 7 fully saturated rings. The van der Waals surface area contributed by atoms with E-state index in [-0.39, 0.29) is 24.5 Å². The molecular formula is C32H54N8O3+2. The van der Waals surface area contributed by atoms with E-state index in [1.165, 1.54) is 49.0 Å². The van der Waals surface area contributed by atoms with Gasteiger partial charge < -0.3 is 31.3 Å². The van der Waals surface area contributed by atoms with Gasteiger partial charge in [-0.05, 0) is 81.9 Å². The molecule has 6 aliphatic heterocycles. The second-order valence-corrected chi connectivity index (χ2v) is 15.9. The predicted octanol–water partition coefficient (Wildman–Crippen LogP) is 1.12. The third-order valence-corrected chi connectivity index (χ3v) is 12.2. The van der Waals surface area contributed by atoms with Gasteiger partial charge in [0.25, 0.3) is 0 Å². The Morgan fingerprint density at radius 3 is 2.53 bits per heavy atom. The zero-order valence-corrected chi connectivity index (χ0v) is 26.4. The fraction of sp³-hybridized carbons (Fsp3) is 0.812. The van der Waals surface area contributed by atoms with Crippen LogP contribution in [0.25, 0.3) is 0 Å². The maximum absolute atomic E-state index is 11.4. The van der Waals surface area contributed by atoms with Crippen LogP contribution in [-0.2, 0) is 4.74 Å². The number of rotatable bonds is 9. The Morgan fingerprint density at radius 2 is 1.81 bits per heavy atom. The standard InChI is InChI=1S/C32H54N8O3/c1-18(2)38(22-11-19(12-22)5-10-26-35-23-9-8-21(20-6-7-20)13-24(23)36-26)14-25-28(41)29(42)32(43-25)40-16-37(17-40)27-30(33)34-15-39(3,4)31(27)40/h8-9,13,18-20,22,25-32,34-36,41-42H,5-7,10-12,14-17,33H2,1-4H3/q+2/t19?,22?,25-,26?,27?,28-,29-,30?,31?,32-/m1/s1. The molecule has 9 rings (SSSR count). The third-order valence-electron chi connectivity index (χ3n) is 12.2. The number of quaternary nitrogens is 2. The Balaban J connectivity index is 0.861. The molecule has 0 aromatic heterocycles. The molecule has 4 unspecified atom stereocenters. The minimum atomic E-state index is -0.893. The molecule has 43 heavy (non-hydrogen) atoms. The van der Waals surface area contributed by atoms with Gasteiger partial charge in [-0.15, -0.1) is 0 Å². The van der Waals surface area contributed by atoms with Gasteiger partial charge in [0.2, 0.25) is 12.4 Å². The van der Waals surface area contributed by atoms with E-state index in [1.54, 1.807) is 0 Å². The molecule has 238 valence electrons. The van der Waals surface area contributed by atoms with Crippen LogP contribution in [0.15, 0.2) is 18.2 Å². The number of nitrogens with one attached hydrogen (secondary N) is 3. The van der Waals surface area contributed by atoms with E-state index in [0.29, 0.717) is 29.3 Å². The van der Waals surface area contributed by atoms with Gasteiger partial charge in [-0.1, -0.05) is 6.07 Å². The van der Waals surface area contributed by atoms with Gasteiger partial charge in [-0.2, -0.15) is 4.90 Å². The van der Waals surface area contributed by atoms with Crippen molar-refractivity contribution in [2.75, 3.05) is 51.3 Å². The monoisotopic (exact) mass is 598 g/mol. The summed E-state index contributed by atoms with van der Waals surface area (Å²) in [5.74, 6) is 1.51. The fourth-order valence-corrected chi connectivity index (χ4v) is 9.74. The summed E-state index contributed by atoms with van der Waals surface area (Å²) in [6.07, 6.45) is 5.25. The molecule has 6 heterocycles. The Hall–Kier alpha value is -1.54. The number of nitrogens with zero attached hydrogens (tertiary/aromatic N) is 4. The highest BCUT2D eigenvalue weighted by Gasteiger charge is 2.77. The number of nitrogens with two attached hydrogens (primary N) is 1. The number of benzene rings is 1. The molecular weight excluding hydrogens is 544 g/mol. The van der Waals surface area contributed by atoms with Crippen LogP contribution >= 0.6 is 0 Å². The lowest BCUT2D eigenvalue weighted by Crippen LogP contribution is -2.78. The molecule has 11 nitrogen and oxygen atoms in total. The van der Waals surface area contributed by atoms with Crippen molar-refractivity contribution in [1.82, 2.24) is 15.1 Å². The first-order valence-corrected chi connectivity index (χ1v) is 16.9. The van der Waals surface area contributed by atoms with E-state index in [9.17, 15) is 10.2 Å². The largest absolute Gasteiger partial charge is 0.387 e. The van der Waals surface area contributed by atoms with Crippen LogP contribution in [0, 0.1) is 5.92 Å². The smallest absolute Gasteiger partial charge is 0.240 e. The molecule has 8 atom stereocenters. The van der Waals surface area contributed by atoms with Crippen molar-refractivity contribution in [3.63, 3.8) is 0 Å². The van der Waals surface area contributed by atoms with Crippen LogP contribution in [0.5, 0.6) is 0 Å². The first kappa shape index (κ1) is 28.9. The van der Waals surface area contributed by atoms with Gasteiger partial charge >= 0.3 is 0 Å². The predicted molar refractivity (Wildman–Crippen MR) is 165 cm³/mol. The molecule has 2 aliphatic carbocycles. The summed E-state index contributed by atoms with van der Waals surface area (Å²) in [5, 5.41) is 33.6. The summed E-state index contributed by atoms with van der Waals surface area (Å²) in [4.78, 5) is 4.95. The van der Waals surface area contributed by atoms with Crippen LogP contribution in [0.3, 0.4) is 0 Å². The topological polar surface area (TPSA) is 118 Å². The molecule has 7 N–H and O–H groups in total. The fourth-order valence-electron chi connectivity index (χ4n) is 9.74. The average molecular weight is 599 g/mol. The number of hydrogen-bond acceptors (Lipinski definition) is 9. The maximum Gasteiger partial charge on any atom is 0.240 e. The van der Waals surface area contributed by atoms with E-state index < -0.39 is 18.4 Å². The number of likely N-dealkylation sites (N-methyl/N-ethyl adjacent to an activating group) is 1.